The summed E-state index contributed by atoms with van der Waals surface area (Å²) in [6, 6.07) is 10.4. The van der Waals surface area contributed by atoms with E-state index in [1.54, 1.807) is 0 Å². The van der Waals surface area contributed by atoms with Crippen LogP contribution >= 0.6 is 0 Å². The Morgan fingerprint density at radius 2 is 2.00 bits per heavy atom. The third kappa shape index (κ3) is 7.89. The van der Waals surface area contributed by atoms with E-state index in [1.165, 1.54) is 31.4 Å². The molecule has 5 nitrogen and oxygen atoms in total. The van der Waals surface area contributed by atoms with Crippen LogP contribution in [0.4, 0.5) is 0 Å². The second-order valence-electron chi connectivity index (χ2n) is 7.31. The van der Waals surface area contributed by atoms with Crippen molar-refractivity contribution in [2.45, 2.75) is 39.7 Å². The van der Waals surface area contributed by atoms with Gasteiger partial charge in [-0.3, -0.25) is 4.99 Å². The molecule has 1 aromatic rings. The van der Waals surface area contributed by atoms with E-state index in [0.29, 0.717) is 12.5 Å². The zero-order valence-corrected chi connectivity index (χ0v) is 17.5. The average Bonchev–Trinajstić information content (AvgIpc) is 3.17. The lowest BCUT2D eigenvalue weighted by molar-refractivity contribution is 0.0907. The molecule has 1 fully saturated rings. The lowest BCUT2D eigenvalue weighted by atomic mass is 10.1. The summed E-state index contributed by atoms with van der Waals surface area (Å²) in [7, 11) is 1.89. The van der Waals surface area contributed by atoms with Gasteiger partial charge in [-0.1, -0.05) is 44.2 Å². The number of guanidine groups is 1. The summed E-state index contributed by atoms with van der Waals surface area (Å²) in [5.74, 6) is 1.64. The first kappa shape index (κ1) is 21.7. The predicted octanol–water partition coefficient (Wildman–Crippen LogP) is 3.22. The molecule has 0 amide bonds. The summed E-state index contributed by atoms with van der Waals surface area (Å²) in [4.78, 5) is 9.34. The average molecular weight is 375 g/mol. The summed E-state index contributed by atoms with van der Waals surface area (Å²) in [5, 5.41) is 3.54. The molecule has 152 valence electrons. The van der Waals surface area contributed by atoms with E-state index in [4.69, 9.17) is 4.74 Å². The van der Waals surface area contributed by atoms with Crippen molar-refractivity contribution < 1.29 is 4.74 Å². The Morgan fingerprint density at radius 1 is 1.22 bits per heavy atom. The summed E-state index contributed by atoms with van der Waals surface area (Å²) in [6.45, 7) is 12.6. The molecule has 27 heavy (non-hydrogen) atoms. The predicted molar refractivity (Wildman–Crippen MR) is 114 cm³/mol. The molecule has 1 atom stereocenters. The maximum absolute atomic E-state index is 5.93. The number of rotatable bonds is 11. The van der Waals surface area contributed by atoms with Crippen molar-refractivity contribution in [1.29, 1.82) is 0 Å². The minimum atomic E-state index is 0.593. The van der Waals surface area contributed by atoms with Crippen LogP contribution in [-0.2, 0) is 11.3 Å². The van der Waals surface area contributed by atoms with Gasteiger partial charge in [-0.05, 0) is 44.5 Å². The highest BCUT2D eigenvalue weighted by molar-refractivity contribution is 5.80. The zero-order valence-electron chi connectivity index (χ0n) is 17.5. The molecule has 2 rings (SSSR count). The topological polar surface area (TPSA) is 40.1 Å². The van der Waals surface area contributed by atoms with Gasteiger partial charge in [-0.25, -0.2) is 0 Å². The molecule has 0 aliphatic carbocycles. The Bertz CT molecular complexity index is 530. The van der Waals surface area contributed by atoms with Crippen LogP contribution in [0.3, 0.4) is 0 Å². The highest BCUT2D eigenvalue weighted by Crippen LogP contribution is 2.17. The molecular weight excluding hydrogens is 336 g/mol. The van der Waals surface area contributed by atoms with Crippen molar-refractivity contribution >= 4 is 5.96 Å². The van der Waals surface area contributed by atoms with Crippen LogP contribution in [0.25, 0.3) is 0 Å². The largest absolute Gasteiger partial charge is 0.376 e. The first-order valence-corrected chi connectivity index (χ1v) is 10.6. The molecule has 1 N–H and O–H groups in total. The number of nitrogens with zero attached hydrogens (tertiary/aromatic N) is 3. The van der Waals surface area contributed by atoms with Crippen LogP contribution in [0.15, 0.2) is 35.3 Å². The zero-order chi connectivity index (χ0) is 19.3. The van der Waals surface area contributed by atoms with Crippen LogP contribution < -0.4 is 5.32 Å². The van der Waals surface area contributed by atoms with Crippen LogP contribution in [0.5, 0.6) is 0 Å². The fourth-order valence-corrected chi connectivity index (χ4v) is 3.61. The van der Waals surface area contributed by atoms with Gasteiger partial charge >= 0.3 is 0 Å². The minimum Gasteiger partial charge on any atom is -0.376 e. The fourth-order valence-electron chi connectivity index (χ4n) is 3.61. The number of ether oxygens (including phenoxy) is 1. The Balaban J connectivity index is 1.60. The number of unbranched alkanes of at least 4 members (excludes halogenated alkanes) is 1. The third-order valence-electron chi connectivity index (χ3n) is 5.34. The number of aliphatic imine (C=N–C) groups is 1. The van der Waals surface area contributed by atoms with E-state index in [9.17, 15) is 0 Å². The molecule has 1 aliphatic heterocycles. The third-order valence-corrected chi connectivity index (χ3v) is 5.34. The molecule has 1 aromatic carbocycles. The smallest absolute Gasteiger partial charge is 0.193 e. The Kier molecular flexibility index (Phi) is 10.2. The fraction of sp³-hybridized carbons (Fsp3) is 0.682. The molecule has 1 unspecified atom stereocenters. The molecule has 1 saturated heterocycles. The first-order chi connectivity index (χ1) is 13.3. The monoisotopic (exact) mass is 374 g/mol. The van der Waals surface area contributed by atoms with Gasteiger partial charge in [0.05, 0.1) is 13.2 Å². The summed E-state index contributed by atoms with van der Waals surface area (Å²) < 4.78 is 5.93. The van der Waals surface area contributed by atoms with Crippen LogP contribution in [0.2, 0.25) is 0 Å². The van der Waals surface area contributed by atoms with E-state index in [1.807, 2.05) is 13.1 Å². The maximum Gasteiger partial charge on any atom is 0.193 e. The quantitative estimate of drug-likeness (QED) is 0.367. The summed E-state index contributed by atoms with van der Waals surface area (Å²) in [6.07, 6.45) is 3.60. The minimum absolute atomic E-state index is 0.593. The number of hydrogen-bond acceptors (Lipinski definition) is 3. The molecule has 5 heteroatoms. The van der Waals surface area contributed by atoms with Crippen LogP contribution in [0.1, 0.15) is 38.7 Å². The molecule has 0 bridgehead atoms. The number of benzene rings is 1. The highest BCUT2D eigenvalue weighted by atomic mass is 16.5. The van der Waals surface area contributed by atoms with Gasteiger partial charge in [-0.15, -0.1) is 0 Å². The standard InChI is InChI=1S/C22H38N4O/c1-4-25(5-2)15-10-9-14-24-22(23-3)26-16-13-21(17-26)19-27-18-20-11-7-6-8-12-20/h6-8,11-12,21H,4-5,9-10,13-19H2,1-3H3,(H,23,24). The maximum atomic E-state index is 5.93. The molecule has 0 aromatic heterocycles. The molecule has 0 radical (unpaired) electrons. The normalized spacial score (nSPS) is 17.7. The second kappa shape index (κ2) is 12.7. The van der Waals surface area contributed by atoms with Crippen LogP contribution in [0, 0.1) is 5.92 Å². The van der Waals surface area contributed by atoms with Crippen molar-refractivity contribution in [2.24, 2.45) is 10.9 Å². The number of nitrogens with one attached hydrogen (secondary N) is 1. The van der Waals surface area contributed by atoms with Gasteiger partial charge in [0.1, 0.15) is 0 Å². The summed E-state index contributed by atoms with van der Waals surface area (Å²) in [5.41, 5.74) is 1.24. The summed E-state index contributed by atoms with van der Waals surface area (Å²) >= 11 is 0. The molecule has 0 spiro atoms. The molecule has 1 aliphatic rings. The van der Waals surface area contributed by atoms with E-state index in [-0.39, 0.29) is 0 Å². The lowest BCUT2D eigenvalue weighted by Crippen LogP contribution is -2.40. The van der Waals surface area contributed by atoms with Gasteiger partial charge in [-0.2, -0.15) is 0 Å². The first-order valence-electron chi connectivity index (χ1n) is 10.6. The van der Waals surface area contributed by atoms with Crippen molar-refractivity contribution in [2.75, 3.05) is 52.9 Å². The molecule has 0 saturated carbocycles. The van der Waals surface area contributed by atoms with E-state index >= 15 is 0 Å². The number of hydrogen-bond donors (Lipinski definition) is 1. The van der Waals surface area contributed by atoms with Gasteiger partial charge in [0, 0.05) is 32.6 Å². The SMILES string of the molecule is CCN(CC)CCCCNC(=NC)N1CCC(COCc2ccccc2)C1. The van der Waals surface area contributed by atoms with Crippen molar-refractivity contribution in [3.8, 4) is 0 Å². The van der Waals surface area contributed by atoms with E-state index in [2.05, 4.69) is 58.2 Å². The Morgan fingerprint density at radius 3 is 2.70 bits per heavy atom. The van der Waals surface area contributed by atoms with Gasteiger partial charge < -0.3 is 19.9 Å². The van der Waals surface area contributed by atoms with Gasteiger partial charge in [0.15, 0.2) is 5.96 Å². The van der Waals surface area contributed by atoms with Crippen LogP contribution in [-0.4, -0.2) is 68.7 Å². The number of likely N-dealkylation sites (tertiary alicyclic amines) is 1. The highest BCUT2D eigenvalue weighted by Gasteiger charge is 2.24. The van der Waals surface area contributed by atoms with E-state index in [0.717, 1.165) is 45.3 Å². The van der Waals surface area contributed by atoms with Gasteiger partial charge in [0.25, 0.3) is 0 Å². The second-order valence-corrected chi connectivity index (χ2v) is 7.31. The van der Waals surface area contributed by atoms with Crippen molar-refractivity contribution in [3.63, 3.8) is 0 Å². The van der Waals surface area contributed by atoms with Crippen molar-refractivity contribution in [3.05, 3.63) is 35.9 Å². The van der Waals surface area contributed by atoms with E-state index < -0.39 is 0 Å². The Labute approximate surface area is 165 Å². The van der Waals surface area contributed by atoms with Gasteiger partial charge in [0.2, 0.25) is 0 Å². The Hall–Kier alpha value is -1.59. The molecular formula is C22H38N4O. The van der Waals surface area contributed by atoms with Crippen molar-refractivity contribution in [1.82, 2.24) is 15.1 Å². The molecule has 1 heterocycles. The lowest BCUT2D eigenvalue weighted by Gasteiger charge is -2.22.